The SMILES string of the molecule is C=C(/C=C(\NC)Nc1nc(Nc2cc(C)cc(C)c2)ncc1Br)C1CC1. The Labute approximate surface area is 163 Å². The minimum Gasteiger partial charge on any atom is -0.375 e. The van der Waals surface area contributed by atoms with Gasteiger partial charge in [0.15, 0.2) is 5.82 Å². The van der Waals surface area contributed by atoms with Crippen LogP contribution in [0.1, 0.15) is 24.0 Å². The molecule has 136 valence electrons. The Morgan fingerprint density at radius 1 is 1.23 bits per heavy atom. The van der Waals surface area contributed by atoms with Gasteiger partial charge in [0, 0.05) is 18.9 Å². The summed E-state index contributed by atoms with van der Waals surface area (Å²) in [5.41, 5.74) is 4.51. The molecule has 3 rings (SSSR count). The summed E-state index contributed by atoms with van der Waals surface area (Å²) in [6.07, 6.45) is 6.24. The van der Waals surface area contributed by atoms with Crippen molar-refractivity contribution in [3.8, 4) is 0 Å². The van der Waals surface area contributed by atoms with E-state index in [9.17, 15) is 0 Å². The molecule has 0 amide bonds. The molecule has 0 aliphatic heterocycles. The second-order valence-corrected chi connectivity index (χ2v) is 7.53. The lowest BCUT2D eigenvalue weighted by molar-refractivity contribution is 0.963. The van der Waals surface area contributed by atoms with Crippen molar-refractivity contribution in [3.05, 3.63) is 64.0 Å². The first-order chi connectivity index (χ1) is 12.4. The molecule has 1 heterocycles. The summed E-state index contributed by atoms with van der Waals surface area (Å²) in [6, 6.07) is 6.28. The number of aryl methyl sites for hydroxylation is 2. The maximum Gasteiger partial charge on any atom is 0.229 e. The first-order valence-corrected chi connectivity index (χ1v) is 9.47. The van der Waals surface area contributed by atoms with Gasteiger partial charge in [-0.2, -0.15) is 4.98 Å². The standard InChI is InChI=1S/C20H24BrN5/c1-12-7-13(2)9-16(8-12)24-20-23-11-17(21)19(26-20)25-18(22-4)10-14(3)15-5-6-15/h7-11,15,22H,3,5-6H2,1-2,4H3,(H2,23,24,25,26)/b18-10+. The quantitative estimate of drug-likeness (QED) is 0.555. The molecule has 0 atom stereocenters. The predicted molar refractivity (Wildman–Crippen MR) is 112 cm³/mol. The molecule has 5 nitrogen and oxygen atoms in total. The highest BCUT2D eigenvalue weighted by Gasteiger charge is 2.23. The number of halogens is 1. The van der Waals surface area contributed by atoms with Gasteiger partial charge in [-0.3, -0.25) is 0 Å². The van der Waals surface area contributed by atoms with Gasteiger partial charge in [-0.25, -0.2) is 4.98 Å². The van der Waals surface area contributed by atoms with Gasteiger partial charge in [-0.15, -0.1) is 0 Å². The third kappa shape index (κ3) is 4.85. The minimum absolute atomic E-state index is 0.539. The first kappa shape index (κ1) is 18.5. The zero-order chi connectivity index (χ0) is 18.7. The topological polar surface area (TPSA) is 61.9 Å². The van der Waals surface area contributed by atoms with Crippen molar-refractivity contribution in [2.45, 2.75) is 26.7 Å². The lowest BCUT2D eigenvalue weighted by Crippen LogP contribution is -2.16. The second-order valence-electron chi connectivity index (χ2n) is 6.67. The van der Waals surface area contributed by atoms with Crippen LogP contribution < -0.4 is 16.0 Å². The number of allylic oxidation sites excluding steroid dienone is 2. The minimum atomic E-state index is 0.539. The molecule has 1 aliphatic carbocycles. The fourth-order valence-corrected chi connectivity index (χ4v) is 3.04. The van der Waals surface area contributed by atoms with Gasteiger partial charge in [0.1, 0.15) is 5.82 Å². The van der Waals surface area contributed by atoms with Crippen LogP contribution in [0.2, 0.25) is 0 Å². The Kier molecular flexibility index (Phi) is 5.61. The smallest absolute Gasteiger partial charge is 0.229 e. The number of rotatable bonds is 7. The van der Waals surface area contributed by atoms with Gasteiger partial charge in [-0.05, 0) is 83.4 Å². The van der Waals surface area contributed by atoms with E-state index in [0.29, 0.717) is 17.7 Å². The van der Waals surface area contributed by atoms with Crippen LogP contribution in [0.15, 0.2) is 52.9 Å². The van der Waals surface area contributed by atoms with E-state index < -0.39 is 0 Å². The largest absolute Gasteiger partial charge is 0.375 e. The molecule has 0 saturated heterocycles. The number of anilines is 3. The van der Waals surface area contributed by atoms with Crippen LogP contribution in [0.4, 0.5) is 17.5 Å². The molecule has 0 radical (unpaired) electrons. The van der Waals surface area contributed by atoms with Crippen LogP contribution in [0, 0.1) is 19.8 Å². The maximum atomic E-state index is 4.59. The fourth-order valence-electron chi connectivity index (χ4n) is 2.75. The van der Waals surface area contributed by atoms with Crippen LogP contribution in [0.5, 0.6) is 0 Å². The molecule has 6 heteroatoms. The number of benzene rings is 1. The van der Waals surface area contributed by atoms with Gasteiger partial charge in [0.05, 0.1) is 4.47 Å². The molecule has 3 N–H and O–H groups in total. The molecule has 0 bridgehead atoms. The summed E-state index contributed by atoms with van der Waals surface area (Å²) in [5.74, 6) is 2.71. The van der Waals surface area contributed by atoms with Crippen molar-refractivity contribution in [1.82, 2.24) is 15.3 Å². The summed E-state index contributed by atoms with van der Waals surface area (Å²) >= 11 is 3.51. The highest BCUT2D eigenvalue weighted by atomic mass is 79.9. The van der Waals surface area contributed by atoms with Crippen LogP contribution in [-0.4, -0.2) is 17.0 Å². The summed E-state index contributed by atoms with van der Waals surface area (Å²) in [6.45, 7) is 8.29. The Morgan fingerprint density at radius 2 is 1.92 bits per heavy atom. The third-order valence-corrected chi connectivity index (χ3v) is 4.76. The zero-order valence-electron chi connectivity index (χ0n) is 15.4. The molecular weight excluding hydrogens is 390 g/mol. The fraction of sp³-hybridized carbons (Fsp3) is 0.300. The number of nitrogens with zero attached hydrogens (tertiary/aromatic N) is 2. The number of hydrogen-bond acceptors (Lipinski definition) is 5. The van der Waals surface area contributed by atoms with Crippen molar-refractivity contribution in [3.63, 3.8) is 0 Å². The number of hydrogen-bond donors (Lipinski definition) is 3. The molecular formula is C20H24BrN5. The van der Waals surface area contributed by atoms with E-state index in [1.807, 2.05) is 13.1 Å². The van der Waals surface area contributed by atoms with E-state index in [4.69, 9.17) is 0 Å². The van der Waals surface area contributed by atoms with Crippen molar-refractivity contribution in [2.24, 2.45) is 5.92 Å². The first-order valence-electron chi connectivity index (χ1n) is 8.67. The molecule has 0 unspecified atom stereocenters. The van der Waals surface area contributed by atoms with E-state index in [1.54, 1.807) is 6.20 Å². The molecule has 1 aliphatic rings. The monoisotopic (exact) mass is 413 g/mol. The van der Waals surface area contributed by atoms with Crippen LogP contribution >= 0.6 is 15.9 Å². The predicted octanol–water partition coefficient (Wildman–Crippen LogP) is 5.04. The number of nitrogens with one attached hydrogen (secondary N) is 3. The Morgan fingerprint density at radius 3 is 2.54 bits per heavy atom. The molecule has 1 aromatic heterocycles. The van der Waals surface area contributed by atoms with Crippen LogP contribution in [0.3, 0.4) is 0 Å². The average molecular weight is 414 g/mol. The zero-order valence-corrected chi connectivity index (χ0v) is 16.9. The molecule has 1 fully saturated rings. The lowest BCUT2D eigenvalue weighted by Gasteiger charge is -2.14. The summed E-state index contributed by atoms with van der Waals surface area (Å²) in [7, 11) is 1.88. The van der Waals surface area contributed by atoms with Gasteiger partial charge in [0.2, 0.25) is 5.95 Å². The van der Waals surface area contributed by atoms with Crippen molar-refractivity contribution in [1.29, 1.82) is 0 Å². The Bertz CT molecular complexity index is 835. The van der Waals surface area contributed by atoms with Crippen LogP contribution in [-0.2, 0) is 0 Å². The van der Waals surface area contributed by atoms with Gasteiger partial charge >= 0.3 is 0 Å². The van der Waals surface area contributed by atoms with Crippen molar-refractivity contribution in [2.75, 3.05) is 17.7 Å². The number of aromatic nitrogens is 2. The maximum absolute atomic E-state index is 4.59. The molecule has 0 spiro atoms. The van der Waals surface area contributed by atoms with E-state index in [2.05, 4.69) is 80.5 Å². The summed E-state index contributed by atoms with van der Waals surface area (Å²) < 4.78 is 0.793. The van der Waals surface area contributed by atoms with Crippen molar-refractivity contribution >= 4 is 33.4 Å². The van der Waals surface area contributed by atoms with E-state index >= 15 is 0 Å². The lowest BCUT2D eigenvalue weighted by atomic mass is 10.1. The Hall–Kier alpha value is -2.34. The van der Waals surface area contributed by atoms with Gasteiger partial charge in [-0.1, -0.05) is 12.6 Å². The average Bonchev–Trinajstić information content (AvgIpc) is 3.41. The van der Waals surface area contributed by atoms with E-state index in [-0.39, 0.29) is 0 Å². The normalized spacial score (nSPS) is 14.1. The summed E-state index contributed by atoms with van der Waals surface area (Å²) in [4.78, 5) is 8.95. The van der Waals surface area contributed by atoms with Crippen molar-refractivity contribution < 1.29 is 0 Å². The molecule has 1 saturated carbocycles. The highest BCUT2D eigenvalue weighted by molar-refractivity contribution is 9.10. The van der Waals surface area contributed by atoms with Gasteiger partial charge < -0.3 is 16.0 Å². The second kappa shape index (κ2) is 7.91. The van der Waals surface area contributed by atoms with E-state index in [1.165, 1.54) is 24.0 Å². The molecule has 1 aromatic carbocycles. The third-order valence-electron chi connectivity index (χ3n) is 4.18. The molecule has 26 heavy (non-hydrogen) atoms. The van der Waals surface area contributed by atoms with Gasteiger partial charge in [0.25, 0.3) is 0 Å². The molecule has 2 aromatic rings. The summed E-state index contributed by atoms with van der Waals surface area (Å²) in [5, 5.41) is 9.75. The van der Waals surface area contributed by atoms with Crippen LogP contribution in [0.25, 0.3) is 0 Å². The highest BCUT2D eigenvalue weighted by Crippen LogP contribution is 2.36. The van der Waals surface area contributed by atoms with E-state index in [0.717, 1.165) is 21.6 Å². The Balaban J connectivity index is 1.79.